The Balaban J connectivity index is 3.76. The van der Waals surface area contributed by atoms with Gasteiger partial charge in [-0.05, 0) is 12.5 Å². The van der Waals surface area contributed by atoms with Gasteiger partial charge in [0.2, 0.25) is 5.91 Å². The van der Waals surface area contributed by atoms with Crippen LogP contribution in [0.4, 0.5) is 0 Å². The van der Waals surface area contributed by atoms with Crippen molar-refractivity contribution >= 4 is 11.9 Å². The normalized spacial score (nSPS) is 10.6. The maximum Gasteiger partial charge on any atom is 0.311 e. The molecule has 0 radical (unpaired) electrons. The van der Waals surface area contributed by atoms with Gasteiger partial charge in [0.25, 0.3) is 0 Å². The van der Waals surface area contributed by atoms with Gasteiger partial charge in [-0.2, -0.15) is 0 Å². The van der Waals surface area contributed by atoms with Crippen LogP contribution < -0.4 is 5.32 Å². The molecule has 0 fully saturated rings. The Kier molecular flexibility index (Phi) is 6.11. The minimum absolute atomic E-state index is 0.0810. The fraction of sp³-hybridized carbons (Fsp3) is 0.400. The smallest absolute Gasteiger partial charge is 0.311 e. The van der Waals surface area contributed by atoms with Crippen molar-refractivity contribution in [2.45, 2.75) is 20.3 Å². The zero-order valence-electron chi connectivity index (χ0n) is 8.50. The van der Waals surface area contributed by atoms with Crippen LogP contribution in [0.3, 0.4) is 0 Å². The minimum Gasteiger partial charge on any atom is -0.444 e. The molecule has 0 bridgehead atoms. The van der Waals surface area contributed by atoms with Crippen molar-refractivity contribution in [2.24, 2.45) is 0 Å². The molecule has 14 heavy (non-hydrogen) atoms. The summed E-state index contributed by atoms with van der Waals surface area (Å²) in [6.45, 7) is 6.64. The van der Waals surface area contributed by atoms with Gasteiger partial charge in [-0.25, -0.2) is 0 Å². The van der Waals surface area contributed by atoms with Crippen LogP contribution in [0.25, 0.3) is 0 Å². The number of amides is 1. The Morgan fingerprint density at radius 1 is 1.50 bits per heavy atom. The highest BCUT2D eigenvalue weighted by atomic mass is 16.5. The second-order valence-corrected chi connectivity index (χ2v) is 2.64. The average Bonchev–Trinajstić information content (AvgIpc) is 2.13. The zero-order chi connectivity index (χ0) is 11.0. The third-order valence-corrected chi connectivity index (χ3v) is 1.54. The molecule has 0 aliphatic carbocycles. The predicted molar refractivity (Wildman–Crippen MR) is 53.3 cm³/mol. The van der Waals surface area contributed by atoms with E-state index in [2.05, 4.69) is 11.9 Å². The highest BCUT2D eigenvalue weighted by Crippen LogP contribution is 2.02. The first kappa shape index (κ1) is 12.4. The number of rotatable bonds is 5. The molecule has 0 heterocycles. The SMILES string of the molecule is C=C/C(=C\C)CC(=O)OCNC(C)=O. The molecule has 0 saturated heterocycles. The van der Waals surface area contributed by atoms with Crippen LogP contribution in [0.15, 0.2) is 24.3 Å². The summed E-state index contributed by atoms with van der Waals surface area (Å²) in [5.41, 5.74) is 0.804. The summed E-state index contributed by atoms with van der Waals surface area (Å²) in [7, 11) is 0. The van der Waals surface area contributed by atoms with E-state index in [1.807, 2.05) is 6.92 Å². The number of hydrogen-bond donors (Lipinski definition) is 1. The molecule has 1 amide bonds. The first-order valence-corrected chi connectivity index (χ1v) is 4.27. The third kappa shape index (κ3) is 5.99. The van der Waals surface area contributed by atoms with Crippen molar-refractivity contribution in [2.75, 3.05) is 6.73 Å². The Bertz CT molecular complexity index is 256. The topological polar surface area (TPSA) is 55.4 Å². The summed E-state index contributed by atoms with van der Waals surface area (Å²) in [4.78, 5) is 21.5. The lowest BCUT2D eigenvalue weighted by atomic mass is 10.2. The van der Waals surface area contributed by atoms with Crippen LogP contribution in [-0.4, -0.2) is 18.6 Å². The number of carbonyl (C=O) groups is 2. The molecule has 0 rings (SSSR count). The summed E-state index contributed by atoms with van der Waals surface area (Å²) >= 11 is 0. The average molecular weight is 197 g/mol. The van der Waals surface area contributed by atoms with Gasteiger partial charge in [0.1, 0.15) is 0 Å². The van der Waals surface area contributed by atoms with Gasteiger partial charge in [-0.3, -0.25) is 9.59 Å². The summed E-state index contributed by atoms with van der Waals surface area (Å²) in [6.07, 6.45) is 3.56. The van der Waals surface area contributed by atoms with Crippen LogP contribution in [0.5, 0.6) is 0 Å². The van der Waals surface area contributed by atoms with Crippen LogP contribution >= 0.6 is 0 Å². The highest BCUT2D eigenvalue weighted by Gasteiger charge is 2.03. The van der Waals surface area contributed by atoms with Crippen LogP contribution in [0.1, 0.15) is 20.3 Å². The first-order valence-electron chi connectivity index (χ1n) is 4.27. The van der Waals surface area contributed by atoms with Crippen molar-refractivity contribution in [3.63, 3.8) is 0 Å². The number of ether oxygens (including phenoxy) is 1. The number of carbonyl (C=O) groups excluding carboxylic acids is 2. The molecule has 0 aromatic rings. The van der Waals surface area contributed by atoms with Gasteiger partial charge in [-0.15, -0.1) is 0 Å². The quantitative estimate of drug-likeness (QED) is 0.408. The molecule has 0 atom stereocenters. The predicted octanol–water partition coefficient (Wildman–Crippen LogP) is 1.15. The molecule has 1 N–H and O–H groups in total. The second-order valence-electron chi connectivity index (χ2n) is 2.64. The molecule has 0 unspecified atom stereocenters. The molecule has 0 aromatic carbocycles. The van der Waals surface area contributed by atoms with Crippen LogP contribution in [0.2, 0.25) is 0 Å². The van der Waals surface area contributed by atoms with E-state index in [1.165, 1.54) is 6.92 Å². The van der Waals surface area contributed by atoms with Gasteiger partial charge in [-0.1, -0.05) is 18.7 Å². The number of esters is 1. The Morgan fingerprint density at radius 3 is 2.57 bits per heavy atom. The monoisotopic (exact) mass is 197 g/mol. The maximum absolute atomic E-state index is 11.1. The largest absolute Gasteiger partial charge is 0.444 e. The number of hydrogen-bond acceptors (Lipinski definition) is 3. The second kappa shape index (κ2) is 6.88. The van der Waals surface area contributed by atoms with E-state index >= 15 is 0 Å². The minimum atomic E-state index is -0.383. The molecular weight excluding hydrogens is 182 g/mol. The Hall–Kier alpha value is -1.58. The highest BCUT2D eigenvalue weighted by molar-refractivity contribution is 5.75. The van der Waals surface area contributed by atoms with Gasteiger partial charge >= 0.3 is 5.97 Å². The lowest BCUT2D eigenvalue weighted by Crippen LogP contribution is -2.25. The maximum atomic E-state index is 11.1. The Labute approximate surface area is 83.6 Å². The van der Waals surface area contributed by atoms with Gasteiger partial charge in [0.05, 0.1) is 6.42 Å². The van der Waals surface area contributed by atoms with Crippen molar-refractivity contribution in [1.29, 1.82) is 0 Å². The fourth-order valence-corrected chi connectivity index (χ4v) is 0.728. The molecular formula is C10H15NO3. The summed E-state index contributed by atoms with van der Waals surface area (Å²) in [6, 6.07) is 0. The van der Waals surface area contributed by atoms with Crippen molar-refractivity contribution < 1.29 is 14.3 Å². The van der Waals surface area contributed by atoms with Crippen molar-refractivity contribution in [1.82, 2.24) is 5.32 Å². The van der Waals surface area contributed by atoms with E-state index < -0.39 is 0 Å². The van der Waals surface area contributed by atoms with Crippen molar-refractivity contribution in [3.05, 3.63) is 24.3 Å². The lowest BCUT2D eigenvalue weighted by molar-refractivity contribution is -0.144. The Morgan fingerprint density at radius 2 is 2.14 bits per heavy atom. The molecule has 4 heteroatoms. The summed E-state index contributed by atoms with van der Waals surface area (Å²) < 4.78 is 4.73. The van der Waals surface area contributed by atoms with Gasteiger partial charge in [0, 0.05) is 6.92 Å². The standard InChI is InChI=1S/C10H15NO3/c1-4-9(5-2)6-10(13)14-7-11-8(3)12/h4-5H,1,6-7H2,2-3H3,(H,11,12)/b9-5+. The molecule has 0 saturated carbocycles. The van der Waals surface area contributed by atoms with E-state index in [0.29, 0.717) is 0 Å². The molecule has 78 valence electrons. The van der Waals surface area contributed by atoms with E-state index in [9.17, 15) is 9.59 Å². The van der Waals surface area contributed by atoms with Crippen molar-refractivity contribution in [3.8, 4) is 0 Å². The summed E-state index contributed by atoms with van der Waals surface area (Å²) in [5.74, 6) is -0.612. The summed E-state index contributed by atoms with van der Waals surface area (Å²) in [5, 5.41) is 2.36. The van der Waals surface area contributed by atoms with E-state index in [1.54, 1.807) is 12.2 Å². The van der Waals surface area contributed by atoms with Gasteiger partial charge < -0.3 is 10.1 Å². The molecule has 0 aliphatic rings. The first-order chi connectivity index (χ1) is 6.60. The molecule has 0 aromatic heterocycles. The van der Waals surface area contributed by atoms with E-state index in [-0.39, 0.29) is 25.0 Å². The number of allylic oxidation sites excluding steroid dienone is 2. The van der Waals surface area contributed by atoms with E-state index in [0.717, 1.165) is 5.57 Å². The molecule has 0 spiro atoms. The molecule has 4 nitrogen and oxygen atoms in total. The van der Waals surface area contributed by atoms with E-state index in [4.69, 9.17) is 4.74 Å². The zero-order valence-corrected chi connectivity index (χ0v) is 8.50. The van der Waals surface area contributed by atoms with Gasteiger partial charge in [0.15, 0.2) is 6.73 Å². The molecule has 0 aliphatic heterocycles. The third-order valence-electron chi connectivity index (χ3n) is 1.54. The van der Waals surface area contributed by atoms with Crippen LogP contribution in [0, 0.1) is 0 Å². The number of nitrogens with one attached hydrogen (secondary N) is 1. The fourth-order valence-electron chi connectivity index (χ4n) is 0.728. The lowest BCUT2D eigenvalue weighted by Gasteiger charge is -2.04. The van der Waals surface area contributed by atoms with Crippen LogP contribution in [-0.2, 0) is 14.3 Å².